The molecule has 0 aliphatic carbocycles. The van der Waals surface area contributed by atoms with Crippen molar-refractivity contribution in [1.82, 2.24) is 9.80 Å². The number of halogens is 2. The molecule has 0 aromatic heterocycles. The number of hydrogen-bond donors (Lipinski definition) is 0. The third kappa shape index (κ3) is 5.51. The van der Waals surface area contributed by atoms with Gasteiger partial charge in [-0.3, -0.25) is 19.3 Å². The second kappa shape index (κ2) is 10.7. The van der Waals surface area contributed by atoms with Crippen LogP contribution in [0.4, 0.5) is 4.79 Å². The third-order valence-electron chi connectivity index (χ3n) is 5.49. The van der Waals surface area contributed by atoms with Crippen LogP contribution in [0.3, 0.4) is 0 Å². The summed E-state index contributed by atoms with van der Waals surface area (Å²) < 4.78 is 11.3. The predicted molar refractivity (Wildman–Crippen MR) is 132 cm³/mol. The lowest BCUT2D eigenvalue weighted by Gasteiger charge is -2.18. The van der Waals surface area contributed by atoms with Crippen LogP contribution in [0.5, 0.6) is 11.5 Å². The molecule has 178 valence electrons. The summed E-state index contributed by atoms with van der Waals surface area (Å²) in [6, 6.07) is 10.5. The summed E-state index contributed by atoms with van der Waals surface area (Å²) in [5, 5.41) is 0.468. The molecule has 0 bridgehead atoms. The molecule has 0 atom stereocenters. The van der Waals surface area contributed by atoms with E-state index in [0.717, 1.165) is 35.1 Å². The van der Waals surface area contributed by atoms with Crippen LogP contribution in [0.1, 0.15) is 24.0 Å². The number of carbonyl (C=O) groups is 3. The molecule has 0 unspecified atom stereocenters. The molecule has 2 saturated heterocycles. The Labute approximate surface area is 211 Å². The minimum Gasteiger partial charge on any atom is -0.493 e. The van der Waals surface area contributed by atoms with Gasteiger partial charge in [0.15, 0.2) is 11.5 Å². The molecule has 2 aliphatic heterocycles. The van der Waals surface area contributed by atoms with E-state index in [2.05, 4.69) is 0 Å². The summed E-state index contributed by atoms with van der Waals surface area (Å²) in [7, 11) is 1.52. The fraction of sp³-hybridized carbons (Fsp3) is 0.292. The Morgan fingerprint density at radius 2 is 1.82 bits per heavy atom. The monoisotopic (exact) mass is 520 g/mol. The maximum atomic E-state index is 12.8. The second-order valence-electron chi connectivity index (χ2n) is 7.80. The molecule has 4 rings (SSSR count). The number of carbonyl (C=O) groups excluding carboxylic acids is 3. The quantitative estimate of drug-likeness (QED) is 0.464. The van der Waals surface area contributed by atoms with Crippen LogP contribution in [0, 0.1) is 0 Å². The number of rotatable bonds is 7. The van der Waals surface area contributed by atoms with Crippen LogP contribution in [0.15, 0.2) is 41.3 Å². The van der Waals surface area contributed by atoms with Crippen molar-refractivity contribution in [2.75, 3.05) is 26.7 Å². The van der Waals surface area contributed by atoms with Crippen molar-refractivity contribution in [1.29, 1.82) is 0 Å². The van der Waals surface area contributed by atoms with Gasteiger partial charge in [-0.1, -0.05) is 35.3 Å². The topological polar surface area (TPSA) is 76.2 Å². The third-order valence-corrected chi connectivity index (χ3v) is 7.14. The standard InChI is InChI=1S/C24H22Cl2N2O5S/c1-32-20-11-15(5-7-19(20)33-14-16-4-6-17(25)18(26)10-16)12-21-23(30)28(24(31)34-21)13-22(29)27-8-2-3-9-27/h4-7,10-12H,2-3,8-9,13-14H2,1H3/b21-12+. The van der Waals surface area contributed by atoms with Gasteiger partial charge in [-0.25, -0.2) is 0 Å². The fourth-order valence-electron chi connectivity index (χ4n) is 3.67. The van der Waals surface area contributed by atoms with E-state index in [1.165, 1.54) is 7.11 Å². The molecule has 34 heavy (non-hydrogen) atoms. The molecule has 2 fully saturated rings. The summed E-state index contributed by atoms with van der Waals surface area (Å²) in [4.78, 5) is 40.5. The van der Waals surface area contributed by atoms with Crippen LogP contribution in [-0.2, 0) is 16.2 Å². The number of likely N-dealkylation sites (tertiary alicyclic amines) is 1. The summed E-state index contributed by atoms with van der Waals surface area (Å²) in [5.74, 6) is 0.306. The van der Waals surface area contributed by atoms with Crippen molar-refractivity contribution in [3.63, 3.8) is 0 Å². The molecular weight excluding hydrogens is 499 g/mol. The number of hydrogen-bond acceptors (Lipinski definition) is 6. The van der Waals surface area contributed by atoms with Crippen molar-refractivity contribution < 1.29 is 23.9 Å². The number of ether oxygens (including phenoxy) is 2. The first-order chi connectivity index (χ1) is 16.4. The normalized spacial score (nSPS) is 17.1. The van der Waals surface area contributed by atoms with Crippen molar-refractivity contribution in [2.24, 2.45) is 0 Å². The fourth-order valence-corrected chi connectivity index (χ4v) is 4.83. The zero-order valence-electron chi connectivity index (χ0n) is 18.4. The average Bonchev–Trinajstić information content (AvgIpc) is 3.45. The first kappa shape index (κ1) is 24.4. The summed E-state index contributed by atoms with van der Waals surface area (Å²) in [5.41, 5.74) is 1.51. The van der Waals surface area contributed by atoms with E-state index in [9.17, 15) is 14.4 Å². The minimum absolute atomic E-state index is 0.203. The van der Waals surface area contributed by atoms with Crippen molar-refractivity contribution in [2.45, 2.75) is 19.4 Å². The van der Waals surface area contributed by atoms with E-state index in [4.69, 9.17) is 32.7 Å². The van der Waals surface area contributed by atoms with Gasteiger partial charge < -0.3 is 14.4 Å². The lowest BCUT2D eigenvalue weighted by atomic mass is 10.1. The highest BCUT2D eigenvalue weighted by atomic mass is 35.5. The van der Waals surface area contributed by atoms with E-state index in [1.54, 1.807) is 41.3 Å². The summed E-state index contributed by atoms with van der Waals surface area (Å²) in [6.45, 7) is 1.37. The Morgan fingerprint density at radius 3 is 2.53 bits per heavy atom. The SMILES string of the molecule is COc1cc(/C=C2/SC(=O)N(CC(=O)N3CCCC3)C2=O)ccc1OCc1ccc(Cl)c(Cl)c1. The van der Waals surface area contributed by atoms with Gasteiger partial charge in [0.1, 0.15) is 13.2 Å². The number of methoxy groups -OCH3 is 1. The molecule has 0 radical (unpaired) electrons. The molecular formula is C24H22Cl2N2O5S. The van der Waals surface area contributed by atoms with Gasteiger partial charge in [-0.15, -0.1) is 0 Å². The Balaban J connectivity index is 1.44. The van der Waals surface area contributed by atoms with Gasteiger partial charge in [0.2, 0.25) is 5.91 Å². The lowest BCUT2D eigenvalue weighted by Crippen LogP contribution is -2.40. The smallest absolute Gasteiger partial charge is 0.294 e. The Kier molecular flexibility index (Phi) is 7.70. The molecule has 0 saturated carbocycles. The van der Waals surface area contributed by atoms with Gasteiger partial charge in [0, 0.05) is 13.1 Å². The van der Waals surface area contributed by atoms with Crippen molar-refractivity contribution in [3.8, 4) is 11.5 Å². The van der Waals surface area contributed by atoms with E-state index < -0.39 is 11.1 Å². The molecule has 2 heterocycles. The molecule has 2 aromatic carbocycles. The molecule has 10 heteroatoms. The van der Waals surface area contributed by atoms with Gasteiger partial charge in [-0.2, -0.15) is 0 Å². The van der Waals surface area contributed by atoms with Gasteiger partial charge in [0.25, 0.3) is 11.1 Å². The molecule has 0 spiro atoms. The van der Waals surface area contributed by atoms with Crippen LogP contribution >= 0.6 is 35.0 Å². The molecule has 2 aromatic rings. The molecule has 2 aliphatic rings. The van der Waals surface area contributed by atoms with Gasteiger partial charge in [-0.05, 0) is 66.1 Å². The zero-order valence-corrected chi connectivity index (χ0v) is 20.7. The molecule has 7 nitrogen and oxygen atoms in total. The number of amides is 3. The number of thioether (sulfide) groups is 1. The largest absolute Gasteiger partial charge is 0.493 e. The second-order valence-corrected chi connectivity index (χ2v) is 9.61. The molecule has 0 N–H and O–H groups in total. The lowest BCUT2D eigenvalue weighted by molar-refractivity contribution is -0.135. The van der Waals surface area contributed by atoms with E-state index in [0.29, 0.717) is 40.2 Å². The predicted octanol–water partition coefficient (Wildman–Crippen LogP) is 5.24. The Hall–Kier alpha value is -2.68. The maximum Gasteiger partial charge on any atom is 0.294 e. The number of benzene rings is 2. The highest BCUT2D eigenvalue weighted by Crippen LogP contribution is 2.35. The van der Waals surface area contributed by atoms with Crippen LogP contribution in [0.2, 0.25) is 10.0 Å². The van der Waals surface area contributed by atoms with Crippen LogP contribution in [-0.4, -0.2) is 53.6 Å². The molecule has 3 amide bonds. The number of nitrogens with zero attached hydrogens (tertiary/aromatic N) is 2. The Bertz CT molecular complexity index is 1160. The van der Waals surface area contributed by atoms with E-state index in [1.807, 2.05) is 6.07 Å². The van der Waals surface area contributed by atoms with Crippen molar-refractivity contribution in [3.05, 3.63) is 62.5 Å². The minimum atomic E-state index is -0.471. The Morgan fingerprint density at radius 1 is 1.06 bits per heavy atom. The highest BCUT2D eigenvalue weighted by Gasteiger charge is 2.37. The van der Waals surface area contributed by atoms with Crippen molar-refractivity contribution >= 4 is 58.1 Å². The summed E-state index contributed by atoms with van der Waals surface area (Å²) in [6.07, 6.45) is 3.50. The van der Waals surface area contributed by atoms with Crippen LogP contribution in [0.25, 0.3) is 6.08 Å². The highest BCUT2D eigenvalue weighted by molar-refractivity contribution is 8.18. The zero-order chi connectivity index (χ0) is 24.2. The first-order valence-electron chi connectivity index (χ1n) is 10.6. The maximum absolute atomic E-state index is 12.8. The first-order valence-corrected chi connectivity index (χ1v) is 12.2. The average molecular weight is 521 g/mol. The summed E-state index contributed by atoms with van der Waals surface area (Å²) >= 11 is 12.8. The van der Waals surface area contributed by atoms with Gasteiger partial charge >= 0.3 is 0 Å². The van der Waals surface area contributed by atoms with Gasteiger partial charge in [0.05, 0.1) is 22.1 Å². The van der Waals surface area contributed by atoms with E-state index >= 15 is 0 Å². The number of imide groups is 1. The van der Waals surface area contributed by atoms with E-state index in [-0.39, 0.29) is 24.0 Å². The van der Waals surface area contributed by atoms with Crippen LogP contribution < -0.4 is 9.47 Å².